The van der Waals surface area contributed by atoms with Gasteiger partial charge in [0.15, 0.2) is 0 Å². The average molecular weight is 329 g/mol. The van der Waals surface area contributed by atoms with Crippen LogP contribution >= 0.6 is 0 Å². The summed E-state index contributed by atoms with van der Waals surface area (Å²) in [5.74, 6) is 0.908. The number of nitrogens with zero attached hydrogens (tertiary/aromatic N) is 3. The molecule has 0 saturated carbocycles. The molecule has 0 unspecified atom stereocenters. The molecule has 1 saturated heterocycles. The second-order valence-electron chi connectivity index (χ2n) is 6.48. The smallest absolute Gasteiger partial charge is 0.147 e. The van der Waals surface area contributed by atoms with E-state index in [-0.39, 0.29) is 5.92 Å². The minimum Gasteiger partial charge on any atom is -0.354 e. The molecule has 1 aliphatic heterocycles. The predicted octanol–water partition coefficient (Wildman–Crippen LogP) is 3.46. The maximum absolute atomic E-state index is 8.36. The van der Waals surface area contributed by atoms with E-state index in [0.717, 1.165) is 28.0 Å². The lowest BCUT2D eigenvalue weighted by molar-refractivity contribution is 0.518. The molecule has 1 aliphatic rings. The van der Waals surface area contributed by atoms with Gasteiger partial charge in [0.2, 0.25) is 0 Å². The van der Waals surface area contributed by atoms with Crippen LogP contribution in [0.1, 0.15) is 11.1 Å². The van der Waals surface area contributed by atoms with Crippen LogP contribution in [0.15, 0.2) is 54.7 Å². The van der Waals surface area contributed by atoms with Crippen molar-refractivity contribution in [3.63, 3.8) is 0 Å². The summed E-state index contributed by atoms with van der Waals surface area (Å²) in [5, 5.41) is 16.7. The lowest BCUT2D eigenvalue weighted by Gasteiger charge is -2.40. The molecule has 0 amide bonds. The fraction of sp³-hybridized carbons (Fsp3) is 0.200. The Morgan fingerprint density at radius 3 is 2.56 bits per heavy atom. The van der Waals surface area contributed by atoms with Crippen molar-refractivity contribution >= 4 is 28.3 Å². The number of para-hydroxylation sites is 2. The zero-order chi connectivity index (χ0) is 17.4. The Morgan fingerprint density at radius 1 is 1.04 bits per heavy atom. The molecule has 3 aromatic rings. The Hall–Kier alpha value is -3.08. The van der Waals surface area contributed by atoms with Crippen molar-refractivity contribution in [3.05, 3.63) is 65.9 Å². The van der Waals surface area contributed by atoms with Crippen LogP contribution in [0.2, 0.25) is 0 Å². The molecule has 5 nitrogen and oxygen atoms in total. The first-order chi connectivity index (χ1) is 12.1. The fourth-order valence-electron chi connectivity index (χ4n) is 3.11. The molecule has 0 aliphatic carbocycles. The molecule has 25 heavy (non-hydrogen) atoms. The van der Waals surface area contributed by atoms with Gasteiger partial charge in [-0.25, -0.2) is 4.98 Å². The van der Waals surface area contributed by atoms with Gasteiger partial charge >= 0.3 is 0 Å². The third kappa shape index (κ3) is 2.89. The number of aromatic nitrogens is 2. The van der Waals surface area contributed by atoms with E-state index in [1.165, 1.54) is 0 Å². The monoisotopic (exact) mass is 329 g/mol. The van der Waals surface area contributed by atoms with Crippen LogP contribution in [0.5, 0.6) is 0 Å². The molecule has 0 radical (unpaired) electrons. The van der Waals surface area contributed by atoms with Crippen LogP contribution in [0.4, 0.5) is 5.82 Å². The van der Waals surface area contributed by atoms with E-state index in [1.807, 2.05) is 55.5 Å². The largest absolute Gasteiger partial charge is 0.354 e. The molecule has 0 bridgehead atoms. The lowest BCUT2D eigenvalue weighted by atomic mass is 9.89. The van der Waals surface area contributed by atoms with Gasteiger partial charge in [-0.3, -0.25) is 10.4 Å². The van der Waals surface area contributed by atoms with Crippen molar-refractivity contribution in [2.75, 3.05) is 18.0 Å². The van der Waals surface area contributed by atoms with E-state index in [2.05, 4.69) is 14.9 Å². The second kappa shape index (κ2) is 6.09. The van der Waals surface area contributed by atoms with E-state index in [9.17, 15) is 0 Å². The maximum atomic E-state index is 8.36. The summed E-state index contributed by atoms with van der Waals surface area (Å²) in [6.45, 7) is 3.42. The number of anilines is 1. The number of benzene rings is 2. The van der Waals surface area contributed by atoms with Crippen LogP contribution < -0.4 is 4.90 Å². The van der Waals surface area contributed by atoms with Gasteiger partial charge in [0.1, 0.15) is 5.82 Å². The number of aryl methyl sites for hydroxylation is 1. The van der Waals surface area contributed by atoms with Crippen molar-refractivity contribution in [2.45, 2.75) is 6.92 Å². The number of hydrogen-bond donors (Lipinski definition) is 2. The van der Waals surface area contributed by atoms with Gasteiger partial charge in [-0.1, -0.05) is 35.9 Å². The van der Waals surface area contributed by atoms with Crippen molar-refractivity contribution in [1.82, 2.24) is 9.97 Å². The van der Waals surface area contributed by atoms with Crippen LogP contribution in [-0.2, 0) is 0 Å². The van der Waals surface area contributed by atoms with Gasteiger partial charge in [-0.2, -0.15) is 0 Å². The Kier molecular flexibility index (Phi) is 3.76. The molecule has 4 rings (SSSR count). The highest BCUT2D eigenvalue weighted by Gasteiger charge is 2.33. The molecule has 124 valence electrons. The third-order valence-corrected chi connectivity index (χ3v) is 4.63. The Labute approximate surface area is 146 Å². The normalized spacial score (nSPS) is 14.4. The van der Waals surface area contributed by atoms with Crippen LogP contribution in [-0.4, -0.2) is 34.5 Å². The lowest BCUT2D eigenvalue weighted by Crippen LogP contribution is -2.52. The molecule has 1 fully saturated rings. The van der Waals surface area contributed by atoms with Gasteiger partial charge in [-0.15, -0.1) is 0 Å². The maximum Gasteiger partial charge on any atom is 0.147 e. The van der Waals surface area contributed by atoms with Gasteiger partial charge in [-0.05, 0) is 25.1 Å². The SMILES string of the molecule is Cc1cccc(C(=N)C(=N)C2CN(c3cnc4ccccc4n3)C2)c1. The molecule has 2 N–H and O–H groups in total. The number of nitrogens with one attached hydrogen (secondary N) is 2. The molecule has 1 aromatic heterocycles. The molecular formula is C20H19N5. The summed E-state index contributed by atoms with van der Waals surface area (Å²) in [5.41, 5.74) is 4.41. The average Bonchev–Trinajstić information content (AvgIpc) is 2.59. The highest BCUT2D eigenvalue weighted by molar-refractivity contribution is 6.47. The first-order valence-electron chi connectivity index (χ1n) is 8.33. The highest BCUT2D eigenvalue weighted by Crippen LogP contribution is 2.25. The van der Waals surface area contributed by atoms with Crippen LogP contribution in [0.25, 0.3) is 11.0 Å². The number of rotatable bonds is 4. The standard InChI is InChI=1S/C20H19N5/c1-13-5-4-6-14(9-13)19(21)20(22)15-11-25(12-15)18-10-23-16-7-2-3-8-17(16)24-18/h2-10,15,21-22H,11-12H2,1H3. The Bertz CT molecular complexity index is 972. The number of hydrogen-bond acceptors (Lipinski definition) is 5. The predicted molar refractivity (Wildman–Crippen MR) is 101 cm³/mol. The topological polar surface area (TPSA) is 76.7 Å². The molecule has 0 atom stereocenters. The summed E-state index contributed by atoms with van der Waals surface area (Å²) >= 11 is 0. The van der Waals surface area contributed by atoms with Gasteiger partial charge in [0.05, 0.1) is 28.7 Å². The molecular weight excluding hydrogens is 310 g/mol. The molecule has 0 spiro atoms. The Balaban J connectivity index is 1.45. The minimum absolute atomic E-state index is 0.0706. The van der Waals surface area contributed by atoms with Crippen molar-refractivity contribution < 1.29 is 0 Å². The molecule has 2 aromatic carbocycles. The van der Waals surface area contributed by atoms with Gasteiger partial charge in [0.25, 0.3) is 0 Å². The first-order valence-corrected chi connectivity index (χ1v) is 8.33. The van der Waals surface area contributed by atoms with E-state index < -0.39 is 0 Å². The summed E-state index contributed by atoms with van der Waals surface area (Å²) in [6.07, 6.45) is 1.79. The summed E-state index contributed by atoms with van der Waals surface area (Å²) in [7, 11) is 0. The van der Waals surface area contributed by atoms with E-state index >= 15 is 0 Å². The second-order valence-corrected chi connectivity index (χ2v) is 6.48. The van der Waals surface area contributed by atoms with E-state index in [0.29, 0.717) is 24.5 Å². The summed E-state index contributed by atoms with van der Waals surface area (Å²) in [6, 6.07) is 15.6. The van der Waals surface area contributed by atoms with Crippen molar-refractivity contribution in [1.29, 1.82) is 10.8 Å². The zero-order valence-corrected chi connectivity index (χ0v) is 14.0. The molecule has 5 heteroatoms. The zero-order valence-electron chi connectivity index (χ0n) is 14.0. The Morgan fingerprint density at radius 2 is 1.80 bits per heavy atom. The third-order valence-electron chi connectivity index (χ3n) is 4.63. The van der Waals surface area contributed by atoms with Crippen molar-refractivity contribution in [2.24, 2.45) is 5.92 Å². The number of fused-ring (bicyclic) bond motifs is 1. The van der Waals surface area contributed by atoms with Crippen LogP contribution in [0, 0.1) is 23.7 Å². The first kappa shape index (κ1) is 15.4. The summed E-state index contributed by atoms with van der Waals surface area (Å²) < 4.78 is 0. The minimum atomic E-state index is 0.0706. The molecule has 2 heterocycles. The van der Waals surface area contributed by atoms with Crippen molar-refractivity contribution in [3.8, 4) is 0 Å². The quantitative estimate of drug-likeness (QED) is 0.720. The van der Waals surface area contributed by atoms with Gasteiger partial charge in [0, 0.05) is 24.6 Å². The fourth-order valence-corrected chi connectivity index (χ4v) is 3.11. The van der Waals surface area contributed by atoms with Gasteiger partial charge < -0.3 is 10.3 Å². The van der Waals surface area contributed by atoms with E-state index in [4.69, 9.17) is 10.8 Å². The van der Waals surface area contributed by atoms with Crippen LogP contribution in [0.3, 0.4) is 0 Å². The van der Waals surface area contributed by atoms with E-state index in [1.54, 1.807) is 6.20 Å². The summed E-state index contributed by atoms with van der Waals surface area (Å²) in [4.78, 5) is 11.2. The highest BCUT2D eigenvalue weighted by atomic mass is 15.2.